The lowest BCUT2D eigenvalue weighted by molar-refractivity contribution is 0.214. The maximum absolute atomic E-state index is 5.78. The molecule has 1 fully saturated rings. The molecule has 3 aromatic rings. The van der Waals surface area contributed by atoms with Crippen molar-refractivity contribution in [2.45, 2.75) is 20.1 Å². The van der Waals surface area contributed by atoms with E-state index >= 15 is 0 Å². The van der Waals surface area contributed by atoms with E-state index in [1.54, 1.807) is 7.11 Å². The third-order valence-corrected chi connectivity index (χ3v) is 5.17. The first-order chi connectivity index (χ1) is 15.2. The van der Waals surface area contributed by atoms with Gasteiger partial charge in [0.05, 0.1) is 25.9 Å². The van der Waals surface area contributed by atoms with E-state index < -0.39 is 0 Å². The average molecular weight is 425 g/mol. The Bertz CT molecular complexity index is 952. The summed E-state index contributed by atoms with van der Waals surface area (Å²) in [5, 5.41) is 4.04. The zero-order chi connectivity index (χ0) is 21.5. The summed E-state index contributed by atoms with van der Waals surface area (Å²) in [6.45, 7) is 7.25. The van der Waals surface area contributed by atoms with Crippen LogP contribution in [0.2, 0.25) is 0 Å². The second-order valence-corrected chi connectivity index (χ2v) is 7.23. The van der Waals surface area contributed by atoms with Gasteiger partial charge in [-0.2, -0.15) is 4.98 Å². The molecular formula is C23H28N4O4. The lowest BCUT2D eigenvalue weighted by atomic mass is 10.2. The summed E-state index contributed by atoms with van der Waals surface area (Å²) in [5.41, 5.74) is 1.15. The lowest BCUT2D eigenvalue weighted by Crippen LogP contribution is -2.46. The highest BCUT2D eigenvalue weighted by molar-refractivity contribution is 5.58. The molecule has 2 heterocycles. The first kappa shape index (κ1) is 21.0. The molecule has 0 aliphatic carbocycles. The van der Waals surface area contributed by atoms with Crippen LogP contribution in [0, 0.1) is 0 Å². The maximum atomic E-state index is 5.78. The Morgan fingerprint density at radius 2 is 1.68 bits per heavy atom. The highest BCUT2D eigenvalue weighted by Crippen LogP contribution is 2.29. The molecule has 0 unspecified atom stereocenters. The number of hydrogen-bond donors (Lipinski definition) is 0. The van der Waals surface area contributed by atoms with E-state index in [1.165, 1.54) is 0 Å². The normalized spacial score (nSPS) is 14.5. The summed E-state index contributed by atoms with van der Waals surface area (Å²) < 4.78 is 22.1. The van der Waals surface area contributed by atoms with Crippen molar-refractivity contribution in [2.24, 2.45) is 0 Å². The summed E-state index contributed by atoms with van der Waals surface area (Å²) in [6, 6.07) is 15.6. The van der Waals surface area contributed by atoms with Gasteiger partial charge in [-0.25, -0.2) is 0 Å². The zero-order valence-corrected chi connectivity index (χ0v) is 18.0. The van der Waals surface area contributed by atoms with Crippen LogP contribution in [-0.4, -0.2) is 54.9 Å². The lowest BCUT2D eigenvalue weighted by Gasteiger charge is -2.36. The largest absolute Gasteiger partial charge is 0.497 e. The molecule has 8 nitrogen and oxygen atoms in total. The van der Waals surface area contributed by atoms with Gasteiger partial charge in [0.25, 0.3) is 0 Å². The molecule has 4 rings (SSSR count). The molecule has 0 saturated carbocycles. The smallest absolute Gasteiger partial charge is 0.240 e. The van der Waals surface area contributed by atoms with E-state index in [9.17, 15) is 0 Å². The highest BCUT2D eigenvalue weighted by atomic mass is 16.5. The molecule has 0 radical (unpaired) electrons. The predicted octanol–water partition coefficient (Wildman–Crippen LogP) is 3.38. The van der Waals surface area contributed by atoms with Gasteiger partial charge < -0.3 is 23.6 Å². The van der Waals surface area contributed by atoms with Gasteiger partial charge in [-0.1, -0.05) is 17.3 Å². The van der Waals surface area contributed by atoms with E-state index in [2.05, 4.69) is 32.1 Å². The number of rotatable bonds is 9. The van der Waals surface area contributed by atoms with Crippen molar-refractivity contribution in [3.63, 3.8) is 0 Å². The topological polar surface area (TPSA) is 73.1 Å². The number of hydrogen-bond acceptors (Lipinski definition) is 8. The van der Waals surface area contributed by atoms with Gasteiger partial charge in [0.2, 0.25) is 11.7 Å². The Morgan fingerprint density at radius 1 is 0.935 bits per heavy atom. The highest BCUT2D eigenvalue weighted by Gasteiger charge is 2.21. The summed E-state index contributed by atoms with van der Waals surface area (Å²) in [6.07, 6.45) is 0. The van der Waals surface area contributed by atoms with Gasteiger partial charge in [0.15, 0.2) is 6.61 Å². The van der Waals surface area contributed by atoms with Gasteiger partial charge in [-0.15, -0.1) is 0 Å². The minimum atomic E-state index is 0.262. The summed E-state index contributed by atoms with van der Waals surface area (Å²) in [4.78, 5) is 9.15. The molecule has 8 heteroatoms. The minimum Gasteiger partial charge on any atom is -0.497 e. The molecule has 1 aliphatic rings. The van der Waals surface area contributed by atoms with E-state index in [0.29, 0.717) is 24.9 Å². The molecule has 0 N–H and O–H groups in total. The SMILES string of the molecule is CCOc1ccccc1N1CCN(Cc2nc(COc3ccc(OC)cc3)no2)CC1. The van der Waals surface area contributed by atoms with E-state index in [0.717, 1.165) is 49.1 Å². The van der Waals surface area contributed by atoms with Crippen molar-refractivity contribution in [2.75, 3.05) is 44.8 Å². The van der Waals surface area contributed by atoms with Crippen molar-refractivity contribution in [3.05, 3.63) is 60.2 Å². The Labute approximate surface area is 182 Å². The molecule has 1 saturated heterocycles. The van der Waals surface area contributed by atoms with Crippen LogP contribution >= 0.6 is 0 Å². The molecule has 0 spiro atoms. The molecule has 1 aliphatic heterocycles. The molecule has 31 heavy (non-hydrogen) atoms. The first-order valence-electron chi connectivity index (χ1n) is 10.5. The summed E-state index contributed by atoms with van der Waals surface area (Å²) in [5.74, 6) is 3.61. The second-order valence-electron chi connectivity index (χ2n) is 7.23. The fraction of sp³-hybridized carbons (Fsp3) is 0.391. The van der Waals surface area contributed by atoms with Gasteiger partial charge in [0.1, 0.15) is 17.2 Å². The van der Waals surface area contributed by atoms with E-state index in [4.69, 9.17) is 18.7 Å². The molecule has 1 aromatic heterocycles. The van der Waals surface area contributed by atoms with Crippen molar-refractivity contribution >= 4 is 5.69 Å². The van der Waals surface area contributed by atoms with Crippen LogP contribution in [-0.2, 0) is 13.2 Å². The fourth-order valence-electron chi connectivity index (χ4n) is 3.57. The van der Waals surface area contributed by atoms with Crippen molar-refractivity contribution in [3.8, 4) is 17.2 Å². The average Bonchev–Trinajstić information content (AvgIpc) is 3.26. The minimum absolute atomic E-state index is 0.262. The fourth-order valence-corrected chi connectivity index (χ4v) is 3.57. The number of anilines is 1. The number of para-hydroxylation sites is 2. The van der Waals surface area contributed by atoms with Crippen LogP contribution in [0.1, 0.15) is 18.6 Å². The molecule has 164 valence electrons. The van der Waals surface area contributed by atoms with Crippen LogP contribution in [0.15, 0.2) is 53.1 Å². The maximum Gasteiger partial charge on any atom is 0.240 e. The van der Waals surface area contributed by atoms with Gasteiger partial charge in [-0.3, -0.25) is 4.90 Å². The van der Waals surface area contributed by atoms with Crippen molar-refractivity contribution in [1.82, 2.24) is 15.0 Å². The predicted molar refractivity (Wildman–Crippen MR) is 117 cm³/mol. The Morgan fingerprint density at radius 3 is 2.42 bits per heavy atom. The number of aromatic nitrogens is 2. The number of benzene rings is 2. The van der Waals surface area contributed by atoms with Gasteiger partial charge >= 0.3 is 0 Å². The standard InChI is InChI=1S/C23H28N4O4/c1-3-29-21-7-5-4-6-20(21)27-14-12-26(13-15-27)16-23-24-22(25-31-23)17-30-19-10-8-18(28-2)9-11-19/h4-11H,3,12-17H2,1-2H3. The third kappa shape index (κ3) is 5.46. The van der Waals surface area contributed by atoms with Crippen LogP contribution in [0.5, 0.6) is 17.2 Å². The van der Waals surface area contributed by atoms with Crippen molar-refractivity contribution in [1.29, 1.82) is 0 Å². The monoisotopic (exact) mass is 424 g/mol. The van der Waals surface area contributed by atoms with Crippen LogP contribution in [0.25, 0.3) is 0 Å². The zero-order valence-electron chi connectivity index (χ0n) is 18.0. The Hall–Kier alpha value is -3.26. The third-order valence-electron chi connectivity index (χ3n) is 5.17. The van der Waals surface area contributed by atoms with Crippen LogP contribution < -0.4 is 19.1 Å². The number of ether oxygens (including phenoxy) is 3. The first-order valence-corrected chi connectivity index (χ1v) is 10.5. The molecule has 0 bridgehead atoms. The number of piperazine rings is 1. The Kier molecular flexibility index (Phi) is 6.89. The molecular weight excluding hydrogens is 396 g/mol. The molecule has 0 amide bonds. The van der Waals surface area contributed by atoms with E-state index in [-0.39, 0.29) is 6.61 Å². The van der Waals surface area contributed by atoms with Gasteiger partial charge in [0, 0.05) is 26.2 Å². The molecule has 0 atom stereocenters. The van der Waals surface area contributed by atoms with Crippen LogP contribution in [0.4, 0.5) is 5.69 Å². The van der Waals surface area contributed by atoms with Gasteiger partial charge in [-0.05, 0) is 43.3 Å². The Balaban J connectivity index is 1.26. The summed E-state index contributed by atoms with van der Waals surface area (Å²) in [7, 11) is 1.64. The summed E-state index contributed by atoms with van der Waals surface area (Å²) >= 11 is 0. The number of nitrogens with zero attached hydrogens (tertiary/aromatic N) is 4. The van der Waals surface area contributed by atoms with Crippen LogP contribution in [0.3, 0.4) is 0 Å². The van der Waals surface area contributed by atoms with E-state index in [1.807, 2.05) is 43.3 Å². The second kappa shape index (κ2) is 10.2. The number of methoxy groups -OCH3 is 1. The quantitative estimate of drug-likeness (QED) is 0.518. The van der Waals surface area contributed by atoms with Crippen molar-refractivity contribution < 1.29 is 18.7 Å². The molecule has 2 aromatic carbocycles.